The molecule has 0 unspecified atom stereocenters. The Morgan fingerprint density at radius 3 is 2.79 bits per heavy atom. The molecule has 2 saturated carbocycles. The van der Waals surface area contributed by atoms with E-state index in [1.54, 1.807) is 0 Å². The lowest BCUT2D eigenvalue weighted by Gasteiger charge is -2.44. The molecule has 0 saturated heterocycles. The first-order valence-corrected chi connectivity index (χ1v) is 8.25. The fourth-order valence-electron chi connectivity index (χ4n) is 5.30. The van der Waals surface area contributed by atoms with E-state index in [0.717, 1.165) is 30.6 Å². The number of rotatable bonds is 1. The molecule has 1 heteroatoms. The predicted octanol–water partition coefficient (Wildman–Crippen LogP) is 4.62. The molecule has 0 spiro atoms. The van der Waals surface area contributed by atoms with Crippen molar-refractivity contribution < 1.29 is 4.79 Å². The molecule has 0 heterocycles. The normalized spacial score (nSPS) is 46.0. The van der Waals surface area contributed by atoms with Gasteiger partial charge in [0.25, 0.3) is 0 Å². The average Bonchev–Trinajstić information content (AvgIpc) is 2.61. The van der Waals surface area contributed by atoms with Crippen molar-refractivity contribution >= 4 is 5.78 Å². The van der Waals surface area contributed by atoms with E-state index in [4.69, 9.17) is 0 Å². The number of Topliss-reactive ketones (excluding diaryl/α,β-unsaturated/α-hetero) is 1. The average molecular weight is 260 g/mol. The number of carbonyl (C=O) groups is 1. The van der Waals surface area contributed by atoms with E-state index in [2.05, 4.69) is 32.9 Å². The van der Waals surface area contributed by atoms with Crippen LogP contribution in [0.4, 0.5) is 0 Å². The maximum atomic E-state index is 12.4. The first kappa shape index (κ1) is 13.4. The molecule has 0 aromatic heterocycles. The molecule has 0 aromatic rings. The van der Waals surface area contributed by atoms with Crippen LogP contribution in [0.15, 0.2) is 12.2 Å². The summed E-state index contributed by atoms with van der Waals surface area (Å²) >= 11 is 0. The summed E-state index contributed by atoms with van der Waals surface area (Å²) < 4.78 is 0. The molecule has 3 aliphatic rings. The zero-order valence-electron chi connectivity index (χ0n) is 12.7. The van der Waals surface area contributed by atoms with Crippen LogP contribution in [0.25, 0.3) is 0 Å². The number of ketones is 1. The fraction of sp³-hybridized carbons (Fsp3) is 0.833. The van der Waals surface area contributed by atoms with Gasteiger partial charge in [0.1, 0.15) is 5.78 Å². The van der Waals surface area contributed by atoms with Crippen molar-refractivity contribution in [3.8, 4) is 0 Å². The minimum absolute atomic E-state index is 0.250. The Balaban J connectivity index is 1.97. The van der Waals surface area contributed by atoms with E-state index in [0.29, 0.717) is 17.1 Å². The lowest BCUT2D eigenvalue weighted by atomic mass is 9.59. The van der Waals surface area contributed by atoms with E-state index >= 15 is 0 Å². The third-order valence-corrected chi connectivity index (χ3v) is 6.28. The van der Waals surface area contributed by atoms with Crippen LogP contribution in [-0.4, -0.2) is 5.78 Å². The Morgan fingerprint density at radius 2 is 2.05 bits per heavy atom. The molecule has 0 amide bonds. The summed E-state index contributed by atoms with van der Waals surface area (Å²) in [6.07, 6.45) is 11.9. The summed E-state index contributed by atoms with van der Waals surface area (Å²) in [6.45, 7) is 7.20. The lowest BCUT2D eigenvalue weighted by molar-refractivity contribution is -0.124. The first-order valence-electron chi connectivity index (χ1n) is 8.25. The van der Waals surface area contributed by atoms with Gasteiger partial charge in [-0.3, -0.25) is 4.79 Å². The van der Waals surface area contributed by atoms with Crippen LogP contribution >= 0.6 is 0 Å². The summed E-state index contributed by atoms with van der Waals surface area (Å²) in [6, 6.07) is 0. The second-order valence-electron chi connectivity index (χ2n) is 7.74. The number of hydrogen-bond acceptors (Lipinski definition) is 1. The third kappa shape index (κ3) is 2.10. The van der Waals surface area contributed by atoms with E-state index in [1.165, 1.54) is 25.7 Å². The predicted molar refractivity (Wildman–Crippen MR) is 78.8 cm³/mol. The second kappa shape index (κ2) is 4.75. The van der Waals surface area contributed by atoms with E-state index in [1.807, 2.05) is 0 Å². The van der Waals surface area contributed by atoms with Gasteiger partial charge >= 0.3 is 0 Å². The topological polar surface area (TPSA) is 17.1 Å². The Bertz CT molecular complexity index is 394. The summed E-state index contributed by atoms with van der Waals surface area (Å²) in [5.41, 5.74) is 0.376. The first-order chi connectivity index (χ1) is 9.03. The van der Waals surface area contributed by atoms with Crippen molar-refractivity contribution in [2.75, 3.05) is 0 Å². The SMILES string of the molecule is CC(C)[C@H]1CC[C@]2(C)C=C[C@@H]3C(=O)CCCC[C@@H]3[C@H]12. The Morgan fingerprint density at radius 1 is 1.26 bits per heavy atom. The van der Waals surface area contributed by atoms with Crippen LogP contribution < -0.4 is 0 Å². The van der Waals surface area contributed by atoms with E-state index in [9.17, 15) is 4.79 Å². The Kier molecular flexibility index (Phi) is 3.35. The summed E-state index contributed by atoms with van der Waals surface area (Å²) in [5, 5.41) is 0. The molecule has 0 N–H and O–H groups in total. The van der Waals surface area contributed by atoms with Crippen LogP contribution in [-0.2, 0) is 4.79 Å². The smallest absolute Gasteiger partial charge is 0.140 e. The van der Waals surface area contributed by atoms with Crippen molar-refractivity contribution in [3.05, 3.63) is 12.2 Å². The molecule has 0 aliphatic heterocycles. The molecular formula is C18H28O. The van der Waals surface area contributed by atoms with Crippen molar-refractivity contribution in [1.29, 1.82) is 0 Å². The van der Waals surface area contributed by atoms with Gasteiger partial charge in [-0.15, -0.1) is 0 Å². The standard InChI is InChI=1S/C18H28O/c1-12(2)13-8-10-18(3)11-9-14-15(17(13)18)6-4-5-7-16(14)19/h9,11-15,17H,4-8,10H2,1-3H3/t13-,14+,15+,17+,18-/m1/s1. The maximum absolute atomic E-state index is 12.4. The molecule has 0 bridgehead atoms. The second-order valence-corrected chi connectivity index (χ2v) is 7.74. The molecular weight excluding hydrogens is 232 g/mol. The summed E-state index contributed by atoms with van der Waals surface area (Å²) in [4.78, 5) is 12.4. The minimum atomic E-state index is 0.250. The maximum Gasteiger partial charge on any atom is 0.140 e. The van der Waals surface area contributed by atoms with E-state index in [-0.39, 0.29) is 5.92 Å². The molecule has 1 nitrogen and oxygen atoms in total. The van der Waals surface area contributed by atoms with Crippen LogP contribution in [0.1, 0.15) is 59.3 Å². The molecule has 0 aromatic carbocycles. The molecule has 3 rings (SSSR count). The van der Waals surface area contributed by atoms with Gasteiger partial charge in [0.05, 0.1) is 0 Å². The molecule has 5 atom stereocenters. The van der Waals surface area contributed by atoms with Gasteiger partial charge in [0, 0.05) is 12.3 Å². The quantitative estimate of drug-likeness (QED) is 0.629. The zero-order valence-corrected chi connectivity index (χ0v) is 12.7. The van der Waals surface area contributed by atoms with Crippen LogP contribution in [0, 0.1) is 35.0 Å². The van der Waals surface area contributed by atoms with E-state index < -0.39 is 0 Å². The Labute approximate surface area is 117 Å². The van der Waals surface area contributed by atoms with Crippen LogP contribution in [0.5, 0.6) is 0 Å². The molecule has 3 aliphatic carbocycles. The number of carbonyl (C=O) groups excluding carboxylic acids is 1. The molecule has 0 radical (unpaired) electrons. The number of allylic oxidation sites excluding steroid dienone is 2. The van der Waals surface area contributed by atoms with Crippen molar-refractivity contribution in [2.45, 2.75) is 59.3 Å². The highest BCUT2D eigenvalue weighted by atomic mass is 16.1. The van der Waals surface area contributed by atoms with Crippen molar-refractivity contribution in [2.24, 2.45) is 35.0 Å². The molecule has 19 heavy (non-hydrogen) atoms. The van der Waals surface area contributed by atoms with Gasteiger partial charge in [-0.1, -0.05) is 39.3 Å². The van der Waals surface area contributed by atoms with Gasteiger partial charge in [0.2, 0.25) is 0 Å². The lowest BCUT2D eigenvalue weighted by Crippen LogP contribution is -2.40. The van der Waals surface area contributed by atoms with Gasteiger partial charge in [-0.05, 0) is 54.8 Å². The van der Waals surface area contributed by atoms with Crippen LogP contribution in [0.3, 0.4) is 0 Å². The van der Waals surface area contributed by atoms with Crippen LogP contribution in [0.2, 0.25) is 0 Å². The zero-order chi connectivity index (χ0) is 13.6. The minimum Gasteiger partial charge on any atom is -0.299 e. The van der Waals surface area contributed by atoms with Gasteiger partial charge in [-0.2, -0.15) is 0 Å². The largest absolute Gasteiger partial charge is 0.299 e. The summed E-state index contributed by atoms with van der Waals surface area (Å²) in [7, 11) is 0. The highest BCUT2D eigenvalue weighted by Gasteiger charge is 2.52. The van der Waals surface area contributed by atoms with Crippen molar-refractivity contribution in [1.82, 2.24) is 0 Å². The summed E-state index contributed by atoms with van der Waals surface area (Å²) in [5.74, 6) is 3.75. The van der Waals surface area contributed by atoms with Crippen molar-refractivity contribution in [3.63, 3.8) is 0 Å². The highest BCUT2D eigenvalue weighted by molar-refractivity contribution is 5.83. The van der Waals surface area contributed by atoms with Gasteiger partial charge < -0.3 is 0 Å². The number of hydrogen-bond donors (Lipinski definition) is 0. The molecule has 2 fully saturated rings. The molecule has 106 valence electrons. The van der Waals surface area contributed by atoms with Gasteiger partial charge in [-0.25, -0.2) is 0 Å². The Hall–Kier alpha value is -0.590. The van der Waals surface area contributed by atoms with Gasteiger partial charge in [0.15, 0.2) is 0 Å². The third-order valence-electron chi connectivity index (χ3n) is 6.28. The fourth-order valence-corrected chi connectivity index (χ4v) is 5.30. The monoisotopic (exact) mass is 260 g/mol. The highest BCUT2D eigenvalue weighted by Crippen LogP contribution is 2.59. The number of fused-ring (bicyclic) bond motifs is 3.